The van der Waals surface area contributed by atoms with Crippen molar-refractivity contribution in [3.05, 3.63) is 29.8 Å². The van der Waals surface area contributed by atoms with Gasteiger partial charge in [-0.3, -0.25) is 9.59 Å². The van der Waals surface area contributed by atoms with Crippen molar-refractivity contribution >= 4 is 29.3 Å². The van der Waals surface area contributed by atoms with Gasteiger partial charge in [-0.1, -0.05) is 0 Å². The largest absolute Gasteiger partial charge is 0.324 e. The van der Waals surface area contributed by atoms with Gasteiger partial charge in [0, 0.05) is 11.4 Å². The van der Waals surface area contributed by atoms with E-state index in [9.17, 15) is 9.59 Å². The van der Waals surface area contributed by atoms with Crippen LogP contribution in [0.5, 0.6) is 0 Å². The molecule has 1 aromatic carbocycles. The van der Waals surface area contributed by atoms with Gasteiger partial charge in [-0.25, -0.2) is 0 Å². The summed E-state index contributed by atoms with van der Waals surface area (Å²) in [4.78, 5) is 28.4. The highest BCUT2D eigenvalue weighted by Crippen LogP contribution is 2.60. The van der Waals surface area contributed by atoms with Crippen LogP contribution in [-0.2, 0) is 9.59 Å². The maximum Gasteiger partial charge on any atom is 0.248 e. The minimum atomic E-state index is -0.402. The van der Waals surface area contributed by atoms with Crippen LogP contribution in [0.2, 0.25) is 0 Å². The second-order valence-corrected chi connectivity index (χ2v) is 10.2. The number of carbonyl (C=O) groups excluding carboxylic acids is 2. The van der Waals surface area contributed by atoms with Crippen LogP contribution >= 0.6 is 11.8 Å². The number of amides is 2. The Balaban J connectivity index is 1.31. The van der Waals surface area contributed by atoms with Gasteiger partial charge in [0.2, 0.25) is 11.8 Å². The Morgan fingerprint density at radius 1 is 1.07 bits per heavy atom. The number of rotatable bonds is 3. The summed E-state index contributed by atoms with van der Waals surface area (Å²) in [6.07, 6.45) is 7.02. The van der Waals surface area contributed by atoms with Crippen molar-refractivity contribution in [2.75, 3.05) is 16.9 Å². The van der Waals surface area contributed by atoms with Crippen LogP contribution in [0.4, 0.5) is 5.69 Å². The zero-order chi connectivity index (χ0) is 19.3. The number of nitrogens with one attached hydrogen (secondary N) is 1. The number of thioether (sulfide) groups is 1. The Kier molecular flexibility index (Phi) is 4.39. The lowest BCUT2D eigenvalue weighted by Crippen LogP contribution is -2.57. The van der Waals surface area contributed by atoms with Gasteiger partial charge in [0.15, 0.2) is 0 Å². The number of carbonyl (C=O) groups is 2. The van der Waals surface area contributed by atoms with E-state index in [1.54, 1.807) is 36.0 Å². The molecule has 1 heterocycles. The molecule has 5 aliphatic rings. The summed E-state index contributed by atoms with van der Waals surface area (Å²) >= 11 is 1.67. The number of hydrogen-bond acceptors (Lipinski definition) is 4. The Bertz CT molecular complexity index is 809. The Morgan fingerprint density at radius 2 is 1.68 bits per heavy atom. The second-order valence-electron chi connectivity index (χ2n) is 9.17. The predicted molar refractivity (Wildman–Crippen MR) is 108 cm³/mol. The molecule has 1 aromatic rings. The summed E-state index contributed by atoms with van der Waals surface area (Å²) in [7, 11) is 0. The van der Waals surface area contributed by atoms with Crippen LogP contribution in [0.15, 0.2) is 24.3 Å². The molecule has 0 radical (unpaired) electrons. The summed E-state index contributed by atoms with van der Waals surface area (Å²) < 4.78 is 0. The quantitative estimate of drug-likeness (QED) is 0.848. The van der Waals surface area contributed by atoms with Crippen molar-refractivity contribution < 1.29 is 9.59 Å². The van der Waals surface area contributed by atoms with Crippen LogP contribution in [-0.4, -0.2) is 34.4 Å². The topological polar surface area (TPSA) is 73.2 Å². The Morgan fingerprint density at radius 3 is 2.25 bits per heavy atom. The third kappa shape index (κ3) is 3.00. The van der Waals surface area contributed by atoms with Gasteiger partial charge in [-0.2, -0.15) is 5.26 Å². The first kappa shape index (κ1) is 18.1. The average molecular weight is 396 g/mol. The van der Waals surface area contributed by atoms with E-state index < -0.39 is 6.04 Å². The molecule has 146 valence electrons. The molecule has 1 aliphatic heterocycles. The molecule has 4 bridgehead atoms. The SMILES string of the molecule is N#Cc1ccc(NC(=O)C2CSCN2C(=O)C23CC4CC(CC(C4)C2)C3)cc1. The monoisotopic (exact) mass is 395 g/mol. The molecule has 1 atom stereocenters. The lowest BCUT2D eigenvalue weighted by Gasteiger charge is -2.56. The Hall–Kier alpha value is -2.00. The van der Waals surface area contributed by atoms with Gasteiger partial charge in [0.1, 0.15) is 6.04 Å². The molecular formula is C22H25N3O2S. The molecule has 0 aromatic heterocycles. The lowest BCUT2D eigenvalue weighted by molar-refractivity contribution is -0.159. The molecule has 1 saturated heterocycles. The lowest BCUT2D eigenvalue weighted by atomic mass is 9.49. The smallest absolute Gasteiger partial charge is 0.248 e. The van der Waals surface area contributed by atoms with Gasteiger partial charge in [0.05, 0.1) is 22.9 Å². The van der Waals surface area contributed by atoms with Crippen LogP contribution in [0.1, 0.15) is 44.1 Å². The molecule has 6 rings (SSSR count). The fraction of sp³-hybridized carbons (Fsp3) is 0.591. The van der Waals surface area contributed by atoms with Crippen molar-refractivity contribution in [3.8, 4) is 6.07 Å². The van der Waals surface area contributed by atoms with Gasteiger partial charge in [-0.15, -0.1) is 11.8 Å². The molecule has 5 nitrogen and oxygen atoms in total. The van der Waals surface area contributed by atoms with Crippen molar-refractivity contribution in [1.29, 1.82) is 5.26 Å². The van der Waals surface area contributed by atoms with Gasteiger partial charge in [-0.05, 0) is 80.5 Å². The zero-order valence-corrected chi connectivity index (χ0v) is 16.7. The van der Waals surface area contributed by atoms with Crippen LogP contribution in [0.3, 0.4) is 0 Å². The maximum atomic E-state index is 13.6. The first-order chi connectivity index (χ1) is 13.6. The highest BCUT2D eigenvalue weighted by molar-refractivity contribution is 7.99. The molecule has 1 N–H and O–H groups in total. The molecule has 5 fully saturated rings. The first-order valence-corrected chi connectivity index (χ1v) is 11.4. The van der Waals surface area contributed by atoms with E-state index in [0.29, 0.717) is 22.9 Å². The summed E-state index contributed by atoms with van der Waals surface area (Å²) in [6.45, 7) is 0. The minimum Gasteiger partial charge on any atom is -0.324 e. The number of hydrogen-bond donors (Lipinski definition) is 1. The van der Waals surface area contributed by atoms with E-state index in [-0.39, 0.29) is 17.2 Å². The third-order valence-corrected chi connectivity index (χ3v) is 8.23. The molecule has 2 amide bonds. The first-order valence-electron chi connectivity index (χ1n) is 10.3. The molecular weight excluding hydrogens is 370 g/mol. The number of anilines is 1. The molecule has 4 saturated carbocycles. The zero-order valence-electron chi connectivity index (χ0n) is 15.9. The van der Waals surface area contributed by atoms with E-state index in [1.165, 1.54) is 19.3 Å². The Labute approximate surface area is 169 Å². The molecule has 28 heavy (non-hydrogen) atoms. The van der Waals surface area contributed by atoms with Gasteiger partial charge in [0.25, 0.3) is 0 Å². The number of nitriles is 1. The van der Waals surface area contributed by atoms with E-state index in [2.05, 4.69) is 11.4 Å². The predicted octanol–water partition coefficient (Wildman–Crippen LogP) is 3.61. The molecule has 6 heteroatoms. The highest BCUT2D eigenvalue weighted by Gasteiger charge is 2.56. The van der Waals surface area contributed by atoms with E-state index >= 15 is 0 Å². The van der Waals surface area contributed by atoms with Gasteiger partial charge < -0.3 is 10.2 Å². The highest BCUT2D eigenvalue weighted by atomic mass is 32.2. The van der Waals surface area contributed by atoms with E-state index in [4.69, 9.17) is 5.26 Å². The number of nitrogens with zero attached hydrogens (tertiary/aromatic N) is 2. The fourth-order valence-electron chi connectivity index (χ4n) is 6.39. The second kappa shape index (κ2) is 6.81. The van der Waals surface area contributed by atoms with E-state index in [1.807, 2.05) is 4.90 Å². The van der Waals surface area contributed by atoms with Crippen molar-refractivity contribution in [1.82, 2.24) is 4.90 Å². The van der Waals surface area contributed by atoms with Crippen molar-refractivity contribution in [2.24, 2.45) is 23.2 Å². The molecule has 1 unspecified atom stereocenters. The van der Waals surface area contributed by atoms with Gasteiger partial charge >= 0.3 is 0 Å². The normalized spacial score (nSPS) is 35.6. The minimum absolute atomic E-state index is 0.118. The summed E-state index contributed by atoms with van der Waals surface area (Å²) in [5.41, 5.74) is 1.03. The van der Waals surface area contributed by atoms with Crippen LogP contribution in [0.25, 0.3) is 0 Å². The summed E-state index contributed by atoms with van der Waals surface area (Å²) in [5, 5.41) is 11.8. The van der Waals surface area contributed by atoms with Crippen molar-refractivity contribution in [3.63, 3.8) is 0 Å². The third-order valence-electron chi connectivity index (χ3n) is 7.22. The van der Waals surface area contributed by atoms with Crippen molar-refractivity contribution in [2.45, 2.75) is 44.6 Å². The summed E-state index contributed by atoms with van der Waals surface area (Å²) in [5.74, 6) is 3.54. The fourth-order valence-corrected chi connectivity index (χ4v) is 7.54. The van der Waals surface area contributed by atoms with Crippen LogP contribution in [0, 0.1) is 34.5 Å². The standard InChI is InChI=1S/C22H25N3O2S/c23-11-14-1-3-18(4-2-14)24-20(26)19-12-28-13-25(19)21(27)22-8-15-5-16(9-22)7-17(6-15)10-22/h1-4,15-17,19H,5-10,12-13H2,(H,24,26). The maximum absolute atomic E-state index is 13.6. The average Bonchev–Trinajstić information content (AvgIpc) is 3.17. The summed E-state index contributed by atoms with van der Waals surface area (Å²) in [6, 6.07) is 8.54. The molecule has 0 spiro atoms. The van der Waals surface area contributed by atoms with E-state index in [0.717, 1.165) is 37.0 Å². The molecule has 4 aliphatic carbocycles. The van der Waals surface area contributed by atoms with Crippen LogP contribution < -0.4 is 5.32 Å². The number of benzene rings is 1.